The molecule has 0 aliphatic heterocycles. The minimum Gasteiger partial charge on any atom is -0.391 e. The fourth-order valence-corrected chi connectivity index (χ4v) is 3.16. The summed E-state index contributed by atoms with van der Waals surface area (Å²) in [5.41, 5.74) is 5.12. The Morgan fingerprint density at radius 3 is 2.65 bits per heavy atom. The Balaban J connectivity index is 1.95. The van der Waals surface area contributed by atoms with Crippen LogP contribution in [0.25, 0.3) is 0 Å². The molecule has 0 amide bonds. The zero-order valence-electron chi connectivity index (χ0n) is 14.5. The zero-order valence-corrected chi connectivity index (χ0v) is 15.3. The Hall–Kier alpha value is -1.54. The van der Waals surface area contributed by atoms with Crippen molar-refractivity contribution in [2.75, 3.05) is 0 Å². The number of hydrogen-bond donors (Lipinski definition) is 0. The molecule has 2 rings (SSSR count). The van der Waals surface area contributed by atoms with Gasteiger partial charge in [-0.2, -0.15) is 0 Å². The lowest BCUT2D eigenvalue weighted by Gasteiger charge is -2.32. The lowest BCUT2D eigenvalue weighted by molar-refractivity contribution is 0.130. The number of hydrogen-bond acceptors (Lipinski definition) is 2. The highest BCUT2D eigenvalue weighted by Crippen LogP contribution is 2.40. The van der Waals surface area contributed by atoms with Gasteiger partial charge in [0.15, 0.2) is 0 Å². The molecule has 3 heteroatoms. The van der Waals surface area contributed by atoms with Crippen molar-refractivity contribution >= 4 is 17.3 Å². The molecule has 124 valence electrons. The third-order valence-corrected chi connectivity index (χ3v) is 4.64. The molecule has 0 N–H and O–H groups in total. The van der Waals surface area contributed by atoms with E-state index >= 15 is 0 Å². The van der Waals surface area contributed by atoms with Gasteiger partial charge in [-0.1, -0.05) is 54.4 Å². The molecular weight excluding hydrogens is 306 g/mol. The molecule has 0 heterocycles. The average Bonchev–Trinajstić information content (AvgIpc) is 2.48. The summed E-state index contributed by atoms with van der Waals surface area (Å²) in [5, 5.41) is 4.90. The highest BCUT2D eigenvalue weighted by atomic mass is 35.5. The van der Waals surface area contributed by atoms with E-state index in [1.54, 1.807) is 0 Å². The minimum atomic E-state index is 0.253. The van der Waals surface area contributed by atoms with Gasteiger partial charge in [0.2, 0.25) is 0 Å². The molecule has 1 aromatic carbocycles. The van der Waals surface area contributed by atoms with Crippen molar-refractivity contribution < 1.29 is 4.84 Å². The Morgan fingerprint density at radius 2 is 2.00 bits per heavy atom. The maximum absolute atomic E-state index is 5.86. The highest BCUT2D eigenvalue weighted by molar-refractivity contribution is 6.30. The van der Waals surface area contributed by atoms with E-state index in [1.807, 2.05) is 37.3 Å². The average molecular weight is 332 g/mol. The van der Waals surface area contributed by atoms with Gasteiger partial charge in [-0.15, -0.1) is 0 Å². The van der Waals surface area contributed by atoms with E-state index in [0.29, 0.717) is 6.61 Å². The summed E-state index contributed by atoms with van der Waals surface area (Å²) in [6, 6.07) is 7.61. The van der Waals surface area contributed by atoms with Crippen LogP contribution in [-0.4, -0.2) is 5.71 Å². The van der Waals surface area contributed by atoms with Crippen molar-refractivity contribution in [3.05, 3.63) is 58.1 Å². The first kappa shape index (κ1) is 17.8. The molecular formula is C20H26ClNO. The third-order valence-electron chi connectivity index (χ3n) is 4.39. The highest BCUT2D eigenvalue weighted by Gasteiger charge is 2.26. The molecule has 0 aromatic heterocycles. The summed E-state index contributed by atoms with van der Waals surface area (Å²) in [6.07, 6.45) is 7.99. The molecule has 0 radical (unpaired) electrons. The summed E-state index contributed by atoms with van der Waals surface area (Å²) < 4.78 is 0. The molecule has 0 saturated heterocycles. The predicted octanol–water partition coefficient (Wildman–Crippen LogP) is 6.32. The van der Waals surface area contributed by atoms with Crippen LogP contribution in [0.4, 0.5) is 0 Å². The minimum absolute atomic E-state index is 0.253. The fraction of sp³-hybridized carbons (Fsp3) is 0.450. The van der Waals surface area contributed by atoms with Gasteiger partial charge < -0.3 is 4.84 Å². The molecule has 0 fully saturated rings. The summed E-state index contributed by atoms with van der Waals surface area (Å²) in [7, 11) is 0. The lowest BCUT2D eigenvalue weighted by Crippen LogP contribution is -2.19. The molecule has 0 spiro atoms. The molecule has 0 bridgehead atoms. The van der Waals surface area contributed by atoms with E-state index in [1.165, 1.54) is 30.4 Å². The van der Waals surface area contributed by atoms with E-state index in [-0.39, 0.29) is 5.41 Å². The molecule has 1 aliphatic carbocycles. The Kier molecular flexibility index (Phi) is 6.06. The van der Waals surface area contributed by atoms with E-state index in [2.05, 4.69) is 32.0 Å². The normalized spacial score (nSPS) is 18.6. The summed E-state index contributed by atoms with van der Waals surface area (Å²) in [5.74, 6) is 0. The van der Waals surface area contributed by atoms with E-state index in [9.17, 15) is 0 Å². The first-order chi connectivity index (χ1) is 10.9. The summed E-state index contributed by atoms with van der Waals surface area (Å²) in [4.78, 5) is 5.42. The van der Waals surface area contributed by atoms with Crippen molar-refractivity contribution in [1.82, 2.24) is 0 Å². The van der Waals surface area contributed by atoms with Crippen LogP contribution in [0.15, 0.2) is 52.7 Å². The number of halogens is 1. The molecule has 23 heavy (non-hydrogen) atoms. The maximum atomic E-state index is 5.86. The van der Waals surface area contributed by atoms with E-state index in [4.69, 9.17) is 16.4 Å². The van der Waals surface area contributed by atoms with Crippen LogP contribution < -0.4 is 0 Å². The molecule has 0 unspecified atom stereocenters. The SMILES string of the molecule is CC1=C(/C=C/C(C)=N/OCc2ccc(Cl)cc2)C(C)(C)CCC1. The number of allylic oxidation sites excluding steroid dienone is 4. The van der Waals surface area contributed by atoms with Gasteiger partial charge in [-0.05, 0) is 67.9 Å². The smallest absolute Gasteiger partial charge is 0.142 e. The van der Waals surface area contributed by atoms with Gasteiger partial charge in [0.05, 0.1) is 5.71 Å². The molecule has 0 saturated carbocycles. The van der Waals surface area contributed by atoms with Crippen molar-refractivity contribution in [2.24, 2.45) is 10.6 Å². The Bertz CT molecular complexity index is 624. The Labute approximate surface area is 144 Å². The maximum Gasteiger partial charge on any atom is 0.142 e. The van der Waals surface area contributed by atoms with Gasteiger partial charge in [0, 0.05) is 5.02 Å². The van der Waals surface area contributed by atoms with Crippen LogP contribution in [0, 0.1) is 5.41 Å². The van der Waals surface area contributed by atoms with Gasteiger partial charge >= 0.3 is 0 Å². The standard InChI is InChI=1S/C20H26ClNO/c1-15-6-5-13-20(3,4)19(15)12-7-16(2)22-23-14-17-8-10-18(21)11-9-17/h7-12H,5-6,13-14H2,1-4H3/b12-7+,22-16+. The van der Waals surface area contributed by atoms with Crippen molar-refractivity contribution in [3.8, 4) is 0 Å². The van der Waals surface area contributed by atoms with Crippen molar-refractivity contribution in [3.63, 3.8) is 0 Å². The van der Waals surface area contributed by atoms with Crippen LogP contribution in [-0.2, 0) is 11.4 Å². The first-order valence-electron chi connectivity index (χ1n) is 8.18. The van der Waals surface area contributed by atoms with Gasteiger partial charge in [0.25, 0.3) is 0 Å². The van der Waals surface area contributed by atoms with Gasteiger partial charge in [-0.25, -0.2) is 0 Å². The molecule has 0 atom stereocenters. The quantitative estimate of drug-likeness (QED) is 0.457. The summed E-state index contributed by atoms with van der Waals surface area (Å²) >= 11 is 5.86. The van der Waals surface area contributed by atoms with Crippen LogP contribution in [0.3, 0.4) is 0 Å². The lowest BCUT2D eigenvalue weighted by atomic mass is 9.72. The van der Waals surface area contributed by atoms with Crippen molar-refractivity contribution in [1.29, 1.82) is 0 Å². The molecule has 1 aromatic rings. The number of oxime groups is 1. The zero-order chi connectivity index (χ0) is 16.9. The second-order valence-electron chi connectivity index (χ2n) is 6.90. The number of nitrogens with zero attached hydrogens (tertiary/aromatic N) is 1. The van der Waals surface area contributed by atoms with Crippen molar-refractivity contribution in [2.45, 2.75) is 53.6 Å². The van der Waals surface area contributed by atoms with Crippen LogP contribution in [0.1, 0.15) is 52.5 Å². The van der Waals surface area contributed by atoms with Crippen LogP contribution in [0.5, 0.6) is 0 Å². The molecule has 2 nitrogen and oxygen atoms in total. The second kappa shape index (κ2) is 7.83. The Morgan fingerprint density at radius 1 is 1.30 bits per heavy atom. The van der Waals surface area contributed by atoms with Crippen LogP contribution >= 0.6 is 11.6 Å². The second-order valence-corrected chi connectivity index (χ2v) is 7.33. The van der Waals surface area contributed by atoms with Gasteiger partial charge in [-0.3, -0.25) is 0 Å². The van der Waals surface area contributed by atoms with E-state index in [0.717, 1.165) is 16.3 Å². The first-order valence-corrected chi connectivity index (χ1v) is 8.55. The van der Waals surface area contributed by atoms with Crippen LogP contribution in [0.2, 0.25) is 5.02 Å². The topological polar surface area (TPSA) is 21.6 Å². The predicted molar refractivity (Wildman–Crippen MR) is 98.8 cm³/mol. The summed E-state index contributed by atoms with van der Waals surface area (Å²) in [6.45, 7) is 9.29. The fourth-order valence-electron chi connectivity index (χ4n) is 3.03. The van der Waals surface area contributed by atoms with Gasteiger partial charge in [0.1, 0.15) is 6.61 Å². The third kappa shape index (κ3) is 5.24. The number of benzene rings is 1. The number of rotatable bonds is 5. The van der Waals surface area contributed by atoms with E-state index < -0.39 is 0 Å². The monoisotopic (exact) mass is 331 g/mol. The molecule has 1 aliphatic rings. The largest absolute Gasteiger partial charge is 0.391 e.